The first kappa shape index (κ1) is 11.7. The molecule has 0 saturated heterocycles. The first-order valence-corrected chi connectivity index (χ1v) is 5.18. The van der Waals surface area contributed by atoms with E-state index >= 15 is 0 Å². The van der Waals surface area contributed by atoms with Crippen LogP contribution in [0.15, 0.2) is 42.0 Å². The number of rotatable bonds is 2. The van der Waals surface area contributed by atoms with E-state index in [9.17, 15) is 9.90 Å². The van der Waals surface area contributed by atoms with E-state index in [4.69, 9.17) is 10.4 Å². The van der Waals surface area contributed by atoms with Crippen molar-refractivity contribution in [1.29, 1.82) is 5.26 Å². The van der Waals surface area contributed by atoms with Crippen LogP contribution in [0.5, 0.6) is 5.75 Å². The monoisotopic (exact) mass is 239 g/mol. The third kappa shape index (κ3) is 2.30. The molecule has 0 radical (unpaired) electrons. The Morgan fingerprint density at radius 2 is 1.83 bits per heavy atom. The van der Waals surface area contributed by atoms with Crippen molar-refractivity contribution in [1.82, 2.24) is 0 Å². The van der Waals surface area contributed by atoms with Crippen molar-refractivity contribution in [2.75, 3.05) is 0 Å². The van der Waals surface area contributed by atoms with Crippen LogP contribution in [0.3, 0.4) is 0 Å². The molecule has 0 atom stereocenters. The molecule has 0 aliphatic carbocycles. The molecule has 88 valence electrons. The molecule has 2 N–H and O–H groups in total. The molecule has 0 aromatic heterocycles. The van der Waals surface area contributed by atoms with E-state index in [0.29, 0.717) is 5.56 Å². The standard InChI is InChI=1S/C14H9NO3/c15-8-12(14(17)18)6-9-1-2-11-7-13(16)4-3-10(11)5-9/h1-7,16H,(H,17,18)/b12-6+. The van der Waals surface area contributed by atoms with Gasteiger partial charge in [-0.25, -0.2) is 4.79 Å². The highest BCUT2D eigenvalue weighted by Gasteiger charge is 2.05. The third-order valence-corrected chi connectivity index (χ3v) is 2.51. The van der Waals surface area contributed by atoms with Gasteiger partial charge < -0.3 is 10.2 Å². The average molecular weight is 239 g/mol. The number of fused-ring (bicyclic) bond motifs is 1. The summed E-state index contributed by atoms with van der Waals surface area (Å²) in [4.78, 5) is 10.7. The molecule has 2 rings (SSSR count). The number of aliphatic carboxylic acids is 1. The number of nitrogens with zero attached hydrogens (tertiary/aromatic N) is 1. The molecule has 4 nitrogen and oxygen atoms in total. The summed E-state index contributed by atoms with van der Waals surface area (Å²) in [6.45, 7) is 0. The number of hydrogen-bond acceptors (Lipinski definition) is 3. The lowest BCUT2D eigenvalue weighted by molar-refractivity contribution is -0.132. The summed E-state index contributed by atoms with van der Waals surface area (Å²) in [6, 6.07) is 11.7. The lowest BCUT2D eigenvalue weighted by Gasteiger charge is -2.01. The molecule has 0 unspecified atom stereocenters. The second kappa shape index (κ2) is 4.60. The predicted molar refractivity (Wildman–Crippen MR) is 66.8 cm³/mol. The number of carboxylic acid groups (broad SMARTS) is 1. The first-order valence-electron chi connectivity index (χ1n) is 5.18. The third-order valence-electron chi connectivity index (χ3n) is 2.51. The van der Waals surface area contributed by atoms with E-state index in [2.05, 4.69) is 0 Å². The summed E-state index contributed by atoms with van der Waals surface area (Å²) in [6.07, 6.45) is 1.31. The van der Waals surface area contributed by atoms with Crippen LogP contribution in [0.25, 0.3) is 16.8 Å². The molecule has 0 heterocycles. The zero-order chi connectivity index (χ0) is 13.1. The van der Waals surface area contributed by atoms with Crippen LogP contribution in [0.4, 0.5) is 0 Å². The fraction of sp³-hybridized carbons (Fsp3) is 0. The normalized spacial score (nSPS) is 11.2. The number of carboxylic acids is 1. The lowest BCUT2D eigenvalue weighted by Crippen LogP contribution is -1.97. The summed E-state index contributed by atoms with van der Waals surface area (Å²) in [5.41, 5.74) is 0.320. The van der Waals surface area contributed by atoms with Gasteiger partial charge >= 0.3 is 5.97 Å². The Morgan fingerprint density at radius 3 is 2.50 bits per heavy atom. The van der Waals surface area contributed by atoms with E-state index < -0.39 is 5.97 Å². The van der Waals surface area contributed by atoms with Crippen molar-refractivity contribution in [3.8, 4) is 11.8 Å². The van der Waals surface area contributed by atoms with E-state index in [1.54, 1.807) is 42.5 Å². The molecule has 18 heavy (non-hydrogen) atoms. The Bertz CT molecular complexity index is 696. The fourth-order valence-corrected chi connectivity index (χ4v) is 1.65. The molecule has 0 fully saturated rings. The minimum atomic E-state index is -1.25. The minimum Gasteiger partial charge on any atom is -0.508 e. The van der Waals surface area contributed by atoms with Crippen molar-refractivity contribution in [2.45, 2.75) is 0 Å². The van der Waals surface area contributed by atoms with Gasteiger partial charge in [0.05, 0.1) is 0 Å². The number of benzene rings is 2. The van der Waals surface area contributed by atoms with E-state index in [1.165, 1.54) is 6.08 Å². The number of nitriles is 1. The fourth-order valence-electron chi connectivity index (χ4n) is 1.65. The van der Waals surface area contributed by atoms with E-state index in [-0.39, 0.29) is 11.3 Å². The zero-order valence-corrected chi connectivity index (χ0v) is 9.29. The van der Waals surface area contributed by atoms with Crippen LogP contribution < -0.4 is 0 Å². The summed E-state index contributed by atoms with van der Waals surface area (Å²) in [5, 5.41) is 28.5. The maximum Gasteiger partial charge on any atom is 0.346 e. The SMILES string of the molecule is N#C/C(=C\c1ccc2cc(O)ccc2c1)C(=O)O. The van der Waals surface area contributed by atoms with Gasteiger partial charge in [0.2, 0.25) is 0 Å². The Labute approximate surface area is 103 Å². The largest absolute Gasteiger partial charge is 0.508 e. The highest BCUT2D eigenvalue weighted by molar-refractivity contribution is 5.97. The van der Waals surface area contributed by atoms with Gasteiger partial charge in [0.15, 0.2) is 0 Å². The number of aromatic hydroxyl groups is 1. The molecule has 0 amide bonds. The van der Waals surface area contributed by atoms with Crippen LogP contribution >= 0.6 is 0 Å². The van der Waals surface area contributed by atoms with Crippen LogP contribution in [0.2, 0.25) is 0 Å². The van der Waals surface area contributed by atoms with Crippen LogP contribution in [-0.4, -0.2) is 16.2 Å². The summed E-state index contributed by atoms with van der Waals surface area (Å²) in [7, 11) is 0. The summed E-state index contributed by atoms with van der Waals surface area (Å²) in [5.74, 6) is -1.07. The van der Waals surface area contributed by atoms with Crippen LogP contribution in [0, 0.1) is 11.3 Å². The van der Waals surface area contributed by atoms with Gasteiger partial charge in [-0.2, -0.15) is 5.26 Å². The second-order valence-electron chi connectivity index (χ2n) is 3.77. The maximum atomic E-state index is 10.7. The highest BCUT2D eigenvalue weighted by atomic mass is 16.4. The Morgan fingerprint density at radius 1 is 1.17 bits per heavy atom. The van der Waals surface area contributed by atoms with Gasteiger partial charge in [0, 0.05) is 0 Å². The topological polar surface area (TPSA) is 81.3 Å². The van der Waals surface area contributed by atoms with Gasteiger partial charge in [-0.3, -0.25) is 0 Å². The molecule has 0 saturated carbocycles. The molecule has 0 spiro atoms. The van der Waals surface area contributed by atoms with Crippen molar-refractivity contribution in [3.63, 3.8) is 0 Å². The van der Waals surface area contributed by atoms with Crippen LogP contribution in [0.1, 0.15) is 5.56 Å². The van der Waals surface area contributed by atoms with Crippen LogP contribution in [-0.2, 0) is 4.79 Å². The summed E-state index contributed by atoms with van der Waals surface area (Å²) >= 11 is 0. The van der Waals surface area contributed by atoms with Crippen molar-refractivity contribution in [3.05, 3.63) is 47.5 Å². The van der Waals surface area contributed by atoms with Crippen molar-refractivity contribution < 1.29 is 15.0 Å². The molecular formula is C14H9NO3. The molecule has 2 aromatic rings. The number of phenols is 1. The van der Waals surface area contributed by atoms with E-state index in [1.807, 2.05) is 0 Å². The van der Waals surface area contributed by atoms with Gasteiger partial charge in [0.25, 0.3) is 0 Å². The highest BCUT2D eigenvalue weighted by Crippen LogP contribution is 2.22. The predicted octanol–water partition coefficient (Wildman–Crippen LogP) is 2.54. The maximum absolute atomic E-state index is 10.7. The zero-order valence-electron chi connectivity index (χ0n) is 9.29. The summed E-state index contributed by atoms with van der Waals surface area (Å²) < 4.78 is 0. The number of hydrogen-bond donors (Lipinski definition) is 2. The van der Waals surface area contributed by atoms with Gasteiger partial charge in [-0.05, 0) is 40.6 Å². The van der Waals surface area contributed by atoms with Gasteiger partial charge in [-0.1, -0.05) is 18.2 Å². The first-order chi connectivity index (χ1) is 8.60. The molecule has 0 bridgehead atoms. The average Bonchev–Trinajstić information content (AvgIpc) is 2.35. The molecule has 4 heteroatoms. The van der Waals surface area contributed by atoms with Gasteiger partial charge in [-0.15, -0.1) is 0 Å². The van der Waals surface area contributed by atoms with Gasteiger partial charge in [0.1, 0.15) is 17.4 Å². The van der Waals surface area contributed by atoms with Crippen molar-refractivity contribution >= 4 is 22.8 Å². The Balaban J connectivity index is 2.52. The minimum absolute atomic E-state index is 0.175. The molecule has 0 aliphatic heterocycles. The Kier molecular flexibility index (Phi) is 2.98. The quantitative estimate of drug-likeness (QED) is 0.623. The molecule has 0 aliphatic rings. The second-order valence-corrected chi connectivity index (χ2v) is 3.77. The number of phenolic OH excluding ortho intramolecular Hbond substituents is 1. The number of carbonyl (C=O) groups is 1. The molecule has 2 aromatic carbocycles. The van der Waals surface area contributed by atoms with E-state index in [0.717, 1.165) is 10.8 Å². The molecular weight excluding hydrogens is 230 g/mol. The lowest BCUT2D eigenvalue weighted by atomic mass is 10.0. The smallest absolute Gasteiger partial charge is 0.346 e. The van der Waals surface area contributed by atoms with Crippen molar-refractivity contribution in [2.24, 2.45) is 0 Å². The Hall–Kier alpha value is -2.80.